The number of imide groups is 2. The van der Waals surface area contributed by atoms with Gasteiger partial charge in [-0.3, -0.25) is 19.2 Å². The Morgan fingerprint density at radius 1 is 0.860 bits per heavy atom. The zero-order valence-electron chi connectivity index (χ0n) is 26.2. The molecule has 8 rings (SSSR count). The molecule has 1 saturated carbocycles. The molecular formula is C38H29ClN2O9. The summed E-state index contributed by atoms with van der Waals surface area (Å²) in [5, 5.41) is 30.1. The van der Waals surface area contributed by atoms with Gasteiger partial charge in [-0.2, -0.15) is 0 Å². The third-order valence-electron chi connectivity index (χ3n) is 10.8. The van der Waals surface area contributed by atoms with E-state index >= 15 is 4.79 Å². The number of rotatable bonds is 6. The van der Waals surface area contributed by atoms with Crippen LogP contribution in [0.15, 0.2) is 101 Å². The highest BCUT2D eigenvalue weighted by atomic mass is 35.5. The highest BCUT2D eigenvalue weighted by Crippen LogP contribution is 2.64. The van der Waals surface area contributed by atoms with Crippen molar-refractivity contribution in [2.75, 3.05) is 9.80 Å². The molecule has 0 bridgehead atoms. The lowest BCUT2D eigenvalue weighted by molar-refractivity contribution is -0.127. The van der Waals surface area contributed by atoms with Gasteiger partial charge in [-0.25, -0.2) is 14.6 Å². The van der Waals surface area contributed by atoms with Crippen molar-refractivity contribution in [3.63, 3.8) is 0 Å². The van der Waals surface area contributed by atoms with Gasteiger partial charge < -0.3 is 19.7 Å². The Morgan fingerprint density at radius 2 is 1.62 bits per heavy atom. The van der Waals surface area contributed by atoms with Crippen molar-refractivity contribution in [1.29, 1.82) is 0 Å². The van der Waals surface area contributed by atoms with Gasteiger partial charge in [-0.05, 0) is 66.8 Å². The van der Waals surface area contributed by atoms with Crippen molar-refractivity contribution in [2.45, 2.75) is 30.8 Å². The molecule has 2 saturated heterocycles. The summed E-state index contributed by atoms with van der Waals surface area (Å²) in [6.45, 7) is -0.404. The molecule has 2 aliphatic heterocycles. The molecule has 4 aliphatic rings. The number of aliphatic hydroxyl groups is 1. The molecule has 3 fully saturated rings. The van der Waals surface area contributed by atoms with Crippen LogP contribution in [0.5, 0.6) is 5.75 Å². The quantitative estimate of drug-likeness (QED) is 0.182. The van der Waals surface area contributed by atoms with E-state index in [9.17, 15) is 34.5 Å². The largest absolute Gasteiger partial charge is 0.507 e. The first-order chi connectivity index (χ1) is 24.1. The van der Waals surface area contributed by atoms with Gasteiger partial charge in [0.2, 0.25) is 23.6 Å². The number of carboxylic acids is 1. The SMILES string of the molecule is O=C(O)c1ccc(N2C(=O)C3CC=C4C(CC5C(=O)N(c6cccc(Cl)c6)C(=O)C5(c5ccccc5)C4c4ccc(CO)o4)C3C2=O)cc1O. The van der Waals surface area contributed by atoms with Gasteiger partial charge in [0.25, 0.3) is 0 Å². The molecule has 3 heterocycles. The van der Waals surface area contributed by atoms with E-state index < -0.39 is 77.0 Å². The number of furan rings is 1. The smallest absolute Gasteiger partial charge is 0.339 e. The average Bonchev–Trinajstić information content (AvgIpc) is 3.75. The highest BCUT2D eigenvalue weighted by Gasteiger charge is 2.71. The summed E-state index contributed by atoms with van der Waals surface area (Å²) in [5.74, 6) is -7.70. The minimum atomic E-state index is -1.52. The number of carboxylic acid groups (broad SMARTS) is 1. The second kappa shape index (κ2) is 11.5. The number of aromatic carboxylic acids is 1. The van der Waals surface area contributed by atoms with Crippen LogP contribution in [0, 0.1) is 23.7 Å². The van der Waals surface area contributed by atoms with Crippen molar-refractivity contribution in [2.24, 2.45) is 23.7 Å². The molecule has 2 aliphatic carbocycles. The fourth-order valence-electron chi connectivity index (χ4n) is 8.78. The van der Waals surface area contributed by atoms with Crippen LogP contribution in [0.2, 0.25) is 5.02 Å². The van der Waals surface area contributed by atoms with Crippen molar-refractivity contribution in [3.8, 4) is 5.75 Å². The third kappa shape index (κ3) is 4.36. The summed E-state index contributed by atoms with van der Waals surface area (Å²) in [6, 6.07) is 22.3. The number of aliphatic hydroxyl groups excluding tert-OH is 1. The summed E-state index contributed by atoms with van der Waals surface area (Å²) >= 11 is 6.34. The number of phenols is 1. The van der Waals surface area contributed by atoms with E-state index in [0.717, 1.165) is 21.9 Å². The third-order valence-corrected chi connectivity index (χ3v) is 11.0. The van der Waals surface area contributed by atoms with Crippen LogP contribution >= 0.6 is 11.6 Å². The molecule has 11 nitrogen and oxygen atoms in total. The number of fused-ring (bicyclic) bond motifs is 4. The van der Waals surface area contributed by atoms with E-state index in [0.29, 0.717) is 27.6 Å². The maximum Gasteiger partial charge on any atom is 0.339 e. The van der Waals surface area contributed by atoms with E-state index in [1.807, 2.05) is 12.1 Å². The molecular weight excluding hydrogens is 664 g/mol. The molecule has 252 valence electrons. The Morgan fingerprint density at radius 3 is 2.30 bits per heavy atom. The Kier molecular flexibility index (Phi) is 7.32. The minimum Gasteiger partial charge on any atom is -0.507 e. The maximum absolute atomic E-state index is 15.2. The van der Waals surface area contributed by atoms with Crippen LogP contribution in [0.4, 0.5) is 11.4 Å². The Labute approximate surface area is 290 Å². The lowest BCUT2D eigenvalue weighted by atomic mass is 9.50. The van der Waals surface area contributed by atoms with E-state index in [1.165, 1.54) is 6.07 Å². The fraction of sp³-hybridized carbons (Fsp3) is 0.237. The lowest BCUT2D eigenvalue weighted by Crippen LogP contribution is -2.53. The summed E-state index contributed by atoms with van der Waals surface area (Å²) in [7, 11) is 0. The minimum absolute atomic E-state index is 0.0299. The molecule has 12 heteroatoms. The first-order valence-electron chi connectivity index (χ1n) is 16.1. The van der Waals surface area contributed by atoms with Crippen LogP contribution in [0.3, 0.4) is 0 Å². The van der Waals surface area contributed by atoms with E-state index in [-0.39, 0.29) is 29.9 Å². The number of hydrogen-bond donors (Lipinski definition) is 3. The second-order valence-corrected chi connectivity index (χ2v) is 13.5. The van der Waals surface area contributed by atoms with Gasteiger partial charge in [0.05, 0.1) is 35.0 Å². The first-order valence-corrected chi connectivity index (χ1v) is 16.5. The molecule has 3 aromatic carbocycles. The summed E-state index contributed by atoms with van der Waals surface area (Å²) in [5.41, 5.74) is -0.330. The van der Waals surface area contributed by atoms with Crippen molar-refractivity contribution in [1.82, 2.24) is 0 Å². The van der Waals surface area contributed by atoms with Gasteiger partial charge in [0, 0.05) is 11.1 Å². The Balaban J connectivity index is 1.31. The number of aromatic hydroxyl groups is 1. The molecule has 4 aromatic rings. The van der Waals surface area contributed by atoms with Crippen LogP contribution < -0.4 is 9.80 Å². The molecule has 4 amide bonds. The van der Waals surface area contributed by atoms with Gasteiger partial charge in [0.15, 0.2) is 0 Å². The average molecular weight is 693 g/mol. The molecule has 50 heavy (non-hydrogen) atoms. The normalized spacial score (nSPS) is 27.2. The molecule has 3 N–H and O–H groups in total. The number of halogens is 1. The standard InChI is InChI=1S/C38H29ClN2O9/c39-20-7-4-8-21(15-20)41-34(45)28-17-27-24(32(30-14-10-23(18-42)50-30)38(28,37(41)49)19-5-2-1-3-6-19)12-13-26-31(27)35(46)40(33(26)44)22-9-11-25(36(47)48)29(43)16-22/h1-12,14-16,26-28,31-32,42-43H,13,17-18H2,(H,47,48). The highest BCUT2D eigenvalue weighted by molar-refractivity contribution is 6.32. The molecule has 6 atom stereocenters. The second-order valence-electron chi connectivity index (χ2n) is 13.1. The lowest BCUT2D eigenvalue weighted by Gasteiger charge is -2.49. The zero-order valence-corrected chi connectivity index (χ0v) is 27.0. The number of nitrogens with zero attached hydrogens (tertiary/aromatic N) is 2. The number of carbonyl (C=O) groups is 5. The van der Waals surface area contributed by atoms with Crippen LogP contribution in [-0.4, -0.2) is 44.9 Å². The number of anilines is 2. The van der Waals surface area contributed by atoms with Crippen LogP contribution in [0.1, 0.15) is 46.2 Å². The summed E-state index contributed by atoms with van der Waals surface area (Å²) in [6.07, 6.45) is 2.08. The number of benzene rings is 3. The molecule has 6 unspecified atom stereocenters. The van der Waals surface area contributed by atoms with Crippen molar-refractivity contribution >= 4 is 52.6 Å². The summed E-state index contributed by atoms with van der Waals surface area (Å²) < 4.78 is 6.18. The zero-order chi connectivity index (χ0) is 35.1. The predicted octanol–water partition coefficient (Wildman–Crippen LogP) is 5.20. The summed E-state index contributed by atoms with van der Waals surface area (Å²) in [4.78, 5) is 71.9. The topological polar surface area (TPSA) is 166 Å². The predicted molar refractivity (Wildman–Crippen MR) is 178 cm³/mol. The number of allylic oxidation sites excluding steroid dienone is 2. The number of hydrogen-bond acceptors (Lipinski definition) is 8. The monoisotopic (exact) mass is 692 g/mol. The first kappa shape index (κ1) is 31.7. The van der Waals surface area contributed by atoms with Crippen LogP contribution in [0.25, 0.3) is 0 Å². The maximum atomic E-state index is 15.2. The van der Waals surface area contributed by atoms with E-state index in [1.54, 1.807) is 60.7 Å². The molecule has 1 aromatic heterocycles. The molecule has 0 spiro atoms. The van der Waals surface area contributed by atoms with Gasteiger partial charge in [-0.1, -0.05) is 59.6 Å². The van der Waals surface area contributed by atoms with E-state index in [2.05, 4.69) is 0 Å². The number of amides is 4. The fourth-order valence-corrected chi connectivity index (χ4v) is 8.97. The molecule has 0 radical (unpaired) electrons. The van der Waals surface area contributed by atoms with Crippen molar-refractivity contribution in [3.05, 3.63) is 124 Å². The van der Waals surface area contributed by atoms with Gasteiger partial charge >= 0.3 is 5.97 Å². The van der Waals surface area contributed by atoms with Crippen molar-refractivity contribution < 1.29 is 43.7 Å². The van der Waals surface area contributed by atoms with Gasteiger partial charge in [-0.15, -0.1) is 0 Å². The van der Waals surface area contributed by atoms with E-state index in [4.69, 9.17) is 16.0 Å². The number of carbonyl (C=O) groups excluding carboxylic acids is 4. The van der Waals surface area contributed by atoms with Crippen LogP contribution in [-0.2, 0) is 31.2 Å². The Bertz CT molecular complexity index is 2160. The van der Waals surface area contributed by atoms with Gasteiger partial charge in [0.1, 0.15) is 34.9 Å². The Hall–Kier alpha value is -5.52.